The molecular formula is C28H28N2O4. The summed E-state index contributed by atoms with van der Waals surface area (Å²) in [5.74, 6) is 0.555. The lowest BCUT2D eigenvalue weighted by atomic mass is 9.99. The maximum Gasteiger partial charge on any atom is 0.282 e. The van der Waals surface area contributed by atoms with Crippen molar-refractivity contribution in [1.29, 1.82) is 0 Å². The molecule has 0 spiro atoms. The zero-order valence-electron chi connectivity index (χ0n) is 19.8. The molecule has 6 heteroatoms. The Morgan fingerprint density at radius 2 is 1.62 bits per heavy atom. The Balaban J connectivity index is 1.77. The number of hydrogen-bond acceptors (Lipinski definition) is 5. The molecular weight excluding hydrogens is 428 g/mol. The minimum Gasteiger partial charge on any atom is -0.497 e. The van der Waals surface area contributed by atoms with Crippen LogP contribution in [0.2, 0.25) is 0 Å². The maximum absolute atomic E-state index is 13.6. The van der Waals surface area contributed by atoms with Crippen molar-refractivity contribution in [2.24, 2.45) is 0 Å². The summed E-state index contributed by atoms with van der Waals surface area (Å²) in [6.45, 7) is 6.64. The summed E-state index contributed by atoms with van der Waals surface area (Å²) in [4.78, 5) is 28.4. The Kier molecular flexibility index (Phi) is 6.68. The van der Waals surface area contributed by atoms with Crippen molar-refractivity contribution in [2.45, 2.75) is 27.2 Å². The molecule has 0 aromatic heterocycles. The van der Waals surface area contributed by atoms with E-state index >= 15 is 0 Å². The number of benzene rings is 3. The number of hydrogen-bond donors (Lipinski definition) is 1. The third kappa shape index (κ3) is 4.53. The Bertz CT molecular complexity index is 1260. The van der Waals surface area contributed by atoms with Crippen LogP contribution < -0.4 is 19.7 Å². The van der Waals surface area contributed by atoms with Crippen molar-refractivity contribution in [1.82, 2.24) is 0 Å². The maximum atomic E-state index is 13.6. The van der Waals surface area contributed by atoms with Gasteiger partial charge in [-0.2, -0.15) is 0 Å². The Morgan fingerprint density at radius 1 is 0.853 bits per heavy atom. The van der Waals surface area contributed by atoms with Gasteiger partial charge in [-0.1, -0.05) is 31.2 Å². The molecule has 0 saturated carbocycles. The molecule has 2 amide bonds. The first kappa shape index (κ1) is 23.1. The second-order valence-corrected chi connectivity index (χ2v) is 8.19. The average Bonchev–Trinajstić information content (AvgIpc) is 3.09. The lowest BCUT2D eigenvalue weighted by molar-refractivity contribution is -0.120. The molecule has 3 aromatic rings. The normalized spacial score (nSPS) is 13.5. The van der Waals surface area contributed by atoms with Crippen molar-refractivity contribution in [3.63, 3.8) is 0 Å². The number of carbonyl (C=O) groups is 2. The quantitative estimate of drug-likeness (QED) is 0.454. The fraction of sp³-hybridized carbons (Fsp3) is 0.214. The molecule has 0 bridgehead atoms. The van der Waals surface area contributed by atoms with Crippen molar-refractivity contribution in [3.05, 3.63) is 89.1 Å². The highest BCUT2D eigenvalue weighted by atomic mass is 16.5. The van der Waals surface area contributed by atoms with E-state index in [0.717, 1.165) is 17.5 Å². The van der Waals surface area contributed by atoms with E-state index in [0.29, 0.717) is 40.6 Å². The predicted molar refractivity (Wildman–Crippen MR) is 134 cm³/mol. The van der Waals surface area contributed by atoms with E-state index in [1.54, 1.807) is 31.4 Å². The molecule has 0 saturated heterocycles. The van der Waals surface area contributed by atoms with Gasteiger partial charge < -0.3 is 14.8 Å². The van der Waals surface area contributed by atoms with Gasteiger partial charge in [0, 0.05) is 11.8 Å². The summed E-state index contributed by atoms with van der Waals surface area (Å²) in [6, 6.07) is 20.0. The van der Waals surface area contributed by atoms with Crippen molar-refractivity contribution in [3.8, 4) is 11.5 Å². The number of nitrogens with one attached hydrogen (secondary N) is 1. The van der Waals surface area contributed by atoms with Crippen LogP contribution in [0.15, 0.2) is 72.4 Å². The Morgan fingerprint density at radius 3 is 2.29 bits per heavy atom. The van der Waals surface area contributed by atoms with Crippen molar-refractivity contribution in [2.75, 3.05) is 23.9 Å². The number of imide groups is 1. The number of aryl methyl sites for hydroxylation is 2. The number of carbonyl (C=O) groups excluding carboxylic acids is 2. The second kappa shape index (κ2) is 9.83. The van der Waals surface area contributed by atoms with Crippen LogP contribution in [0.3, 0.4) is 0 Å². The van der Waals surface area contributed by atoms with Gasteiger partial charge in [0.2, 0.25) is 0 Å². The third-order valence-electron chi connectivity index (χ3n) is 5.79. The molecule has 6 nitrogen and oxygen atoms in total. The van der Waals surface area contributed by atoms with Crippen LogP contribution >= 0.6 is 0 Å². The molecule has 174 valence electrons. The van der Waals surface area contributed by atoms with Crippen LogP contribution in [-0.2, 0) is 9.59 Å². The number of nitrogens with zero attached hydrogens (tertiary/aromatic N) is 1. The number of methoxy groups -OCH3 is 1. The third-order valence-corrected chi connectivity index (χ3v) is 5.79. The molecule has 0 radical (unpaired) electrons. The second-order valence-electron chi connectivity index (χ2n) is 8.19. The fourth-order valence-electron chi connectivity index (χ4n) is 3.80. The molecule has 3 aromatic carbocycles. The van der Waals surface area contributed by atoms with Crippen LogP contribution in [-0.4, -0.2) is 25.5 Å². The van der Waals surface area contributed by atoms with Crippen molar-refractivity contribution >= 4 is 28.8 Å². The SMILES string of the molecule is CCCOc1cccc(NC2=C(c3ccc(C)c(C)c3)C(=O)N(c3ccc(OC)cc3)C2=O)c1. The van der Waals surface area contributed by atoms with Gasteiger partial charge in [0.1, 0.15) is 17.2 Å². The van der Waals surface area contributed by atoms with Gasteiger partial charge in [-0.3, -0.25) is 9.59 Å². The topological polar surface area (TPSA) is 67.9 Å². The number of anilines is 2. The van der Waals surface area contributed by atoms with E-state index < -0.39 is 5.91 Å². The van der Waals surface area contributed by atoms with E-state index in [-0.39, 0.29) is 11.6 Å². The minimum absolute atomic E-state index is 0.233. The zero-order chi connectivity index (χ0) is 24.2. The van der Waals surface area contributed by atoms with Gasteiger partial charge >= 0.3 is 0 Å². The monoisotopic (exact) mass is 456 g/mol. The summed E-state index contributed by atoms with van der Waals surface area (Å²) < 4.78 is 10.9. The van der Waals surface area contributed by atoms with Gasteiger partial charge in [-0.25, -0.2) is 4.90 Å². The molecule has 1 aliphatic heterocycles. The molecule has 0 aliphatic carbocycles. The molecule has 1 N–H and O–H groups in total. The first-order valence-electron chi connectivity index (χ1n) is 11.3. The Hall–Kier alpha value is -4.06. The summed E-state index contributed by atoms with van der Waals surface area (Å²) in [6.07, 6.45) is 0.892. The molecule has 1 aliphatic rings. The van der Waals surface area contributed by atoms with Crippen LogP contribution in [0.1, 0.15) is 30.0 Å². The fourth-order valence-corrected chi connectivity index (χ4v) is 3.80. The summed E-state index contributed by atoms with van der Waals surface area (Å²) >= 11 is 0. The van der Waals surface area contributed by atoms with Crippen molar-refractivity contribution < 1.29 is 19.1 Å². The van der Waals surface area contributed by atoms with E-state index in [9.17, 15) is 9.59 Å². The molecule has 0 fully saturated rings. The van der Waals surface area contributed by atoms with Gasteiger partial charge in [0.15, 0.2) is 0 Å². The van der Waals surface area contributed by atoms with Crippen LogP contribution in [0, 0.1) is 13.8 Å². The molecule has 4 rings (SSSR count). The smallest absolute Gasteiger partial charge is 0.282 e. The van der Waals surface area contributed by atoms with E-state index in [1.807, 2.05) is 63.2 Å². The summed E-state index contributed by atoms with van der Waals surface area (Å²) in [7, 11) is 1.57. The average molecular weight is 457 g/mol. The standard InChI is InChI=1S/C28H28N2O4/c1-5-15-34-24-8-6-7-21(17-24)29-26-25(20-10-9-18(2)19(3)16-20)27(31)30(28(26)32)22-11-13-23(33-4)14-12-22/h6-14,16-17,29H,5,15H2,1-4H3. The first-order valence-corrected chi connectivity index (χ1v) is 11.3. The van der Waals surface area contributed by atoms with E-state index in [4.69, 9.17) is 9.47 Å². The lowest BCUT2D eigenvalue weighted by Gasteiger charge is -2.16. The van der Waals surface area contributed by atoms with Gasteiger partial charge in [0.25, 0.3) is 11.8 Å². The summed E-state index contributed by atoms with van der Waals surface area (Å²) in [5, 5.41) is 3.21. The first-order chi connectivity index (χ1) is 16.4. The number of amides is 2. The Labute approximate surface area is 199 Å². The molecule has 34 heavy (non-hydrogen) atoms. The number of rotatable bonds is 8. The van der Waals surface area contributed by atoms with Crippen LogP contribution in [0.4, 0.5) is 11.4 Å². The highest BCUT2D eigenvalue weighted by molar-refractivity contribution is 6.46. The zero-order valence-corrected chi connectivity index (χ0v) is 19.8. The van der Waals surface area contributed by atoms with Gasteiger partial charge in [-0.05, 0) is 73.4 Å². The highest BCUT2D eigenvalue weighted by Crippen LogP contribution is 2.35. The predicted octanol–water partition coefficient (Wildman–Crippen LogP) is 5.50. The summed E-state index contributed by atoms with van der Waals surface area (Å²) in [5.41, 5.74) is 4.57. The number of ether oxygens (including phenoxy) is 2. The van der Waals surface area contributed by atoms with Gasteiger partial charge in [-0.15, -0.1) is 0 Å². The van der Waals surface area contributed by atoms with E-state index in [1.165, 1.54) is 4.90 Å². The lowest BCUT2D eigenvalue weighted by Crippen LogP contribution is -2.32. The van der Waals surface area contributed by atoms with Crippen LogP contribution in [0.5, 0.6) is 11.5 Å². The van der Waals surface area contributed by atoms with Gasteiger partial charge in [0.05, 0.1) is 25.0 Å². The molecule has 1 heterocycles. The largest absolute Gasteiger partial charge is 0.497 e. The van der Waals surface area contributed by atoms with Crippen LogP contribution in [0.25, 0.3) is 5.57 Å². The molecule has 0 unspecified atom stereocenters. The van der Waals surface area contributed by atoms with E-state index in [2.05, 4.69) is 5.32 Å². The minimum atomic E-state index is -0.414. The molecule has 0 atom stereocenters. The highest BCUT2D eigenvalue weighted by Gasteiger charge is 2.40.